The van der Waals surface area contributed by atoms with Gasteiger partial charge in [0, 0.05) is 23.6 Å². The Morgan fingerprint density at radius 2 is 2.00 bits per heavy atom. The molecule has 106 valence electrons. The number of hydrogen-bond acceptors (Lipinski definition) is 3. The first-order chi connectivity index (χ1) is 8.95. The molecule has 0 amide bonds. The van der Waals surface area contributed by atoms with E-state index >= 15 is 0 Å². The molecule has 1 heterocycles. The Morgan fingerprint density at radius 1 is 1.37 bits per heavy atom. The Morgan fingerprint density at radius 3 is 2.58 bits per heavy atom. The Bertz CT molecular complexity index is 557. The van der Waals surface area contributed by atoms with Crippen molar-refractivity contribution in [2.24, 2.45) is 0 Å². The molecular formula is C12H16BrFN2O2S. The van der Waals surface area contributed by atoms with Gasteiger partial charge in [0.05, 0.1) is 0 Å². The van der Waals surface area contributed by atoms with Crippen LogP contribution < -0.4 is 5.32 Å². The van der Waals surface area contributed by atoms with Gasteiger partial charge in [0.1, 0.15) is 10.7 Å². The molecule has 0 spiro atoms. The largest absolute Gasteiger partial charge is 0.317 e. The minimum absolute atomic E-state index is 0.259. The van der Waals surface area contributed by atoms with Gasteiger partial charge in [0.2, 0.25) is 10.0 Å². The van der Waals surface area contributed by atoms with Crippen LogP contribution in [-0.4, -0.2) is 38.9 Å². The third kappa shape index (κ3) is 3.16. The molecule has 0 atom stereocenters. The van der Waals surface area contributed by atoms with Crippen molar-refractivity contribution in [3.05, 3.63) is 28.5 Å². The highest BCUT2D eigenvalue weighted by molar-refractivity contribution is 9.10. The van der Waals surface area contributed by atoms with Crippen molar-refractivity contribution in [1.29, 1.82) is 0 Å². The van der Waals surface area contributed by atoms with Gasteiger partial charge in [0.15, 0.2) is 0 Å². The summed E-state index contributed by atoms with van der Waals surface area (Å²) in [5.41, 5.74) is 0. The second kappa shape index (κ2) is 5.87. The van der Waals surface area contributed by atoms with E-state index in [0.717, 1.165) is 18.9 Å². The normalized spacial score (nSPS) is 18.7. The molecule has 4 nitrogen and oxygen atoms in total. The molecule has 1 saturated heterocycles. The van der Waals surface area contributed by atoms with Crippen LogP contribution in [0.1, 0.15) is 12.8 Å². The van der Waals surface area contributed by atoms with Crippen LogP contribution in [0, 0.1) is 5.82 Å². The van der Waals surface area contributed by atoms with Crippen LogP contribution >= 0.6 is 15.9 Å². The molecule has 0 aliphatic carbocycles. The predicted octanol–water partition coefficient (Wildman–Crippen LogP) is 1.96. The lowest BCUT2D eigenvalue weighted by Gasteiger charge is -2.31. The fraction of sp³-hybridized carbons (Fsp3) is 0.500. The number of nitrogens with one attached hydrogen (secondary N) is 1. The molecule has 1 aromatic carbocycles. The molecule has 1 N–H and O–H groups in total. The molecule has 0 aromatic heterocycles. The van der Waals surface area contributed by atoms with E-state index in [1.54, 1.807) is 0 Å². The summed E-state index contributed by atoms with van der Waals surface area (Å²) in [7, 11) is -1.88. The van der Waals surface area contributed by atoms with Crippen LogP contribution in [0.3, 0.4) is 0 Å². The van der Waals surface area contributed by atoms with Crippen molar-refractivity contribution in [2.45, 2.75) is 23.8 Å². The molecule has 0 saturated carbocycles. The first-order valence-electron chi connectivity index (χ1n) is 6.07. The Hall–Kier alpha value is -0.500. The molecule has 1 aromatic rings. The number of halogens is 2. The summed E-state index contributed by atoms with van der Waals surface area (Å²) in [6.07, 6.45) is 1.48. The smallest absolute Gasteiger partial charge is 0.246 e. The van der Waals surface area contributed by atoms with Crippen LogP contribution in [-0.2, 0) is 10.0 Å². The first-order valence-corrected chi connectivity index (χ1v) is 8.31. The quantitative estimate of drug-likeness (QED) is 0.906. The molecule has 19 heavy (non-hydrogen) atoms. The van der Waals surface area contributed by atoms with Crippen LogP contribution in [0.15, 0.2) is 27.6 Å². The molecule has 7 heteroatoms. The third-order valence-electron chi connectivity index (χ3n) is 3.37. The van der Waals surface area contributed by atoms with E-state index in [0.29, 0.717) is 23.6 Å². The van der Waals surface area contributed by atoms with E-state index in [2.05, 4.69) is 21.2 Å². The van der Waals surface area contributed by atoms with Crippen molar-refractivity contribution in [2.75, 3.05) is 20.1 Å². The highest BCUT2D eigenvalue weighted by atomic mass is 79.9. The molecule has 1 fully saturated rings. The molecular weight excluding hydrogens is 335 g/mol. The maximum Gasteiger partial charge on any atom is 0.246 e. The summed E-state index contributed by atoms with van der Waals surface area (Å²) in [6.45, 7) is 0.833. The average molecular weight is 351 g/mol. The van der Waals surface area contributed by atoms with Crippen molar-refractivity contribution < 1.29 is 12.8 Å². The average Bonchev–Trinajstić information content (AvgIpc) is 2.41. The summed E-state index contributed by atoms with van der Waals surface area (Å²) >= 11 is 3.17. The van der Waals surface area contributed by atoms with Gasteiger partial charge in [-0.3, -0.25) is 0 Å². The molecule has 2 rings (SSSR count). The highest BCUT2D eigenvalue weighted by Gasteiger charge is 2.30. The minimum Gasteiger partial charge on any atom is -0.317 e. The maximum absolute atomic E-state index is 13.7. The summed E-state index contributed by atoms with van der Waals surface area (Å²) < 4.78 is 40.4. The Kier molecular flexibility index (Phi) is 4.60. The van der Waals surface area contributed by atoms with Gasteiger partial charge in [-0.2, -0.15) is 4.31 Å². The molecule has 0 bridgehead atoms. The van der Waals surface area contributed by atoms with Gasteiger partial charge >= 0.3 is 0 Å². The van der Waals surface area contributed by atoms with Crippen molar-refractivity contribution in [3.63, 3.8) is 0 Å². The van der Waals surface area contributed by atoms with Gasteiger partial charge in [-0.25, -0.2) is 12.8 Å². The number of hydrogen-bond donors (Lipinski definition) is 1. The topological polar surface area (TPSA) is 49.4 Å². The molecule has 0 unspecified atom stereocenters. The number of benzene rings is 1. The lowest BCUT2D eigenvalue weighted by molar-refractivity contribution is 0.297. The van der Waals surface area contributed by atoms with Crippen LogP contribution in [0.4, 0.5) is 4.39 Å². The standard InChI is InChI=1S/C12H16BrFN2O2S/c1-15-10-4-6-16(7-5-10)19(17,18)12-8-9(13)2-3-11(12)14/h2-3,8,10,15H,4-7H2,1H3. The van der Waals surface area contributed by atoms with Gasteiger partial charge < -0.3 is 5.32 Å². The summed E-state index contributed by atoms with van der Waals surface area (Å²) in [5, 5.41) is 3.13. The number of piperidine rings is 1. The fourth-order valence-electron chi connectivity index (χ4n) is 2.20. The lowest BCUT2D eigenvalue weighted by atomic mass is 10.1. The zero-order valence-electron chi connectivity index (χ0n) is 10.6. The van der Waals surface area contributed by atoms with Crippen molar-refractivity contribution >= 4 is 26.0 Å². The van der Waals surface area contributed by atoms with Crippen LogP contribution in [0.25, 0.3) is 0 Å². The minimum atomic E-state index is -3.75. The number of nitrogens with zero attached hydrogens (tertiary/aromatic N) is 1. The summed E-state index contributed by atoms with van der Waals surface area (Å²) in [4.78, 5) is -0.259. The molecule has 1 aliphatic rings. The monoisotopic (exact) mass is 350 g/mol. The van der Waals surface area contributed by atoms with Gasteiger partial charge in [-0.05, 0) is 38.1 Å². The highest BCUT2D eigenvalue weighted by Crippen LogP contribution is 2.25. The second-order valence-corrected chi connectivity index (χ2v) is 7.36. The SMILES string of the molecule is CNC1CCN(S(=O)(=O)c2cc(Br)ccc2F)CC1. The Labute approximate surface area is 121 Å². The second-order valence-electron chi connectivity index (χ2n) is 4.54. The van der Waals surface area contributed by atoms with Crippen molar-refractivity contribution in [3.8, 4) is 0 Å². The molecule has 0 radical (unpaired) electrons. The Balaban J connectivity index is 2.26. The zero-order chi connectivity index (χ0) is 14.0. The molecule has 1 aliphatic heterocycles. The van der Waals surface area contributed by atoms with Gasteiger partial charge in [-0.15, -0.1) is 0 Å². The third-order valence-corrected chi connectivity index (χ3v) is 5.78. The van der Waals surface area contributed by atoms with E-state index in [1.807, 2.05) is 7.05 Å². The maximum atomic E-state index is 13.7. The van der Waals surface area contributed by atoms with Gasteiger partial charge in [0.25, 0.3) is 0 Å². The van der Waals surface area contributed by atoms with E-state index in [1.165, 1.54) is 16.4 Å². The van der Waals surface area contributed by atoms with Crippen LogP contribution in [0.5, 0.6) is 0 Å². The number of rotatable bonds is 3. The van der Waals surface area contributed by atoms with E-state index in [-0.39, 0.29) is 4.90 Å². The zero-order valence-corrected chi connectivity index (χ0v) is 13.0. The summed E-state index contributed by atoms with van der Waals surface area (Å²) in [5.74, 6) is -0.709. The van der Waals surface area contributed by atoms with E-state index in [4.69, 9.17) is 0 Å². The van der Waals surface area contributed by atoms with Crippen LogP contribution in [0.2, 0.25) is 0 Å². The predicted molar refractivity (Wildman–Crippen MR) is 74.9 cm³/mol. The van der Waals surface area contributed by atoms with E-state index in [9.17, 15) is 12.8 Å². The fourth-order valence-corrected chi connectivity index (χ4v) is 4.27. The van der Waals surface area contributed by atoms with Gasteiger partial charge in [-0.1, -0.05) is 15.9 Å². The summed E-state index contributed by atoms with van der Waals surface area (Å²) in [6, 6.07) is 4.30. The first kappa shape index (κ1) is 14.9. The van der Waals surface area contributed by atoms with Crippen molar-refractivity contribution in [1.82, 2.24) is 9.62 Å². The lowest BCUT2D eigenvalue weighted by Crippen LogP contribution is -2.44. The number of sulfonamides is 1. The van der Waals surface area contributed by atoms with E-state index < -0.39 is 15.8 Å².